The number of nitrogens with zero attached hydrogens (tertiary/aromatic N) is 1. The zero-order chi connectivity index (χ0) is 23.4. The molecule has 3 N–H and O–H groups in total. The molecule has 6 atom stereocenters. The van der Waals surface area contributed by atoms with Gasteiger partial charge in [-0.15, -0.1) is 0 Å². The second kappa shape index (κ2) is 10.4. The molecule has 0 spiro atoms. The number of benzene rings is 2. The van der Waals surface area contributed by atoms with Gasteiger partial charge in [0.05, 0.1) is 35.9 Å². The van der Waals surface area contributed by atoms with Crippen LogP contribution in [0.4, 0.5) is 5.69 Å². The number of fused-ring (bicyclic) bond motifs is 1. The summed E-state index contributed by atoms with van der Waals surface area (Å²) in [6.07, 6.45) is -3.06. The molecule has 0 aliphatic carbocycles. The average molecular weight is 458 g/mol. The van der Waals surface area contributed by atoms with Gasteiger partial charge in [0.2, 0.25) is 0 Å². The van der Waals surface area contributed by atoms with Gasteiger partial charge in [0.1, 0.15) is 18.3 Å². The monoisotopic (exact) mass is 458 g/mol. The fourth-order valence-electron chi connectivity index (χ4n) is 4.19. The molecular weight excluding hydrogens is 432 g/mol. The van der Waals surface area contributed by atoms with Crippen LogP contribution in [0.15, 0.2) is 54.6 Å². The Hall–Kier alpha value is -2.89. The molecule has 2 saturated heterocycles. The average Bonchev–Trinajstić information content (AvgIpc) is 3.26. The maximum absolute atomic E-state index is 12.8. The van der Waals surface area contributed by atoms with Crippen LogP contribution in [-0.2, 0) is 25.6 Å². The van der Waals surface area contributed by atoms with Crippen molar-refractivity contribution in [3.8, 4) is 0 Å². The number of esters is 1. The SMILES string of the molecule is NCC1CC2OC(CO)C(OC(=O)c3ccc([N+](=O)[O-])cc3)C(OCc3ccccc3)C2O1. The number of carbonyl (C=O) groups is 1. The fraction of sp³-hybridized carbons (Fsp3) is 0.435. The Balaban J connectivity index is 1.56. The summed E-state index contributed by atoms with van der Waals surface area (Å²) in [6.45, 7) is 0.161. The Morgan fingerprint density at radius 1 is 1.12 bits per heavy atom. The molecule has 2 aliphatic rings. The van der Waals surface area contributed by atoms with Gasteiger partial charge in [0, 0.05) is 25.1 Å². The molecule has 2 fully saturated rings. The molecule has 0 saturated carbocycles. The zero-order valence-electron chi connectivity index (χ0n) is 17.8. The third kappa shape index (κ3) is 5.21. The Kier molecular flexibility index (Phi) is 7.31. The predicted octanol–water partition coefficient (Wildman–Crippen LogP) is 1.58. The van der Waals surface area contributed by atoms with Crippen LogP contribution in [0.2, 0.25) is 0 Å². The van der Waals surface area contributed by atoms with Crippen molar-refractivity contribution in [2.24, 2.45) is 5.73 Å². The van der Waals surface area contributed by atoms with E-state index in [4.69, 9.17) is 24.7 Å². The molecule has 10 heteroatoms. The molecular formula is C23H26N2O8. The number of ether oxygens (including phenoxy) is 4. The summed E-state index contributed by atoms with van der Waals surface area (Å²) in [5, 5.41) is 20.9. The third-order valence-electron chi connectivity index (χ3n) is 5.86. The van der Waals surface area contributed by atoms with Gasteiger partial charge >= 0.3 is 5.97 Å². The van der Waals surface area contributed by atoms with Crippen molar-refractivity contribution in [2.75, 3.05) is 13.2 Å². The lowest BCUT2D eigenvalue weighted by Crippen LogP contribution is -2.59. The number of non-ortho nitro benzene ring substituents is 1. The summed E-state index contributed by atoms with van der Waals surface area (Å²) < 4.78 is 24.0. The van der Waals surface area contributed by atoms with Crippen molar-refractivity contribution >= 4 is 11.7 Å². The molecule has 0 aromatic heterocycles. The minimum atomic E-state index is -0.959. The van der Waals surface area contributed by atoms with Crippen molar-refractivity contribution in [1.29, 1.82) is 0 Å². The van der Waals surface area contributed by atoms with Crippen molar-refractivity contribution < 1.29 is 33.8 Å². The molecule has 2 aliphatic heterocycles. The lowest BCUT2D eigenvalue weighted by Gasteiger charge is -2.42. The van der Waals surface area contributed by atoms with Gasteiger partial charge in [-0.05, 0) is 17.7 Å². The number of carbonyl (C=O) groups excluding carboxylic acids is 1. The molecule has 0 radical (unpaired) electrons. The van der Waals surface area contributed by atoms with Crippen molar-refractivity contribution in [3.05, 3.63) is 75.8 Å². The summed E-state index contributed by atoms with van der Waals surface area (Å²) in [5.41, 5.74) is 6.71. The first kappa shape index (κ1) is 23.3. The predicted molar refractivity (Wildman–Crippen MR) is 115 cm³/mol. The number of nitro benzene ring substituents is 1. The van der Waals surface area contributed by atoms with Gasteiger partial charge in [0.15, 0.2) is 6.10 Å². The lowest BCUT2D eigenvalue weighted by atomic mass is 9.94. The highest BCUT2D eigenvalue weighted by Crippen LogP contribution is 2.36. The first-order chi connectivity index (χ1) is 16.0. The zero-order valence-corrected chi connectivity index (χ0v) is 17.8. The topological polar surface area (TPSA) is 143 Å². The fourth-order valence-corrected chi connectivity index (χ4v) is 4.19. The molecule has 176 valence electrons. The summed E-state index contributed by atoms with van der Waals surface area (Å²) in [4.78, 5) is 23.2. The van der Waals surface area contributed by atoms with E-state index in [9.17, 15) is 20.0 Å². The van der Waals surface area contributed by atoms with Gasteiger partial charge in [-0.2, -0.15) is 0 Å². The second-order valence-electron chi connectivity index (χ2n) is 8.02. The highest BCUT2D eigenvalue weighted by atomic mass is 16.6. The van der Waals surface area contributed by atoms with Gasteiger partial charge in [-0.1, -0.05) is 30.3 Å². The lowest BCUT2D eigenvalue weighted by molar-refractivity contribution is -0.384. The van der Waals surface area contributed by atoms with E-state index in [0.29, 0.717) is 13.0 Å². The van der Waals surface area contributed by atoms with Crippen molar-refractivity contribution in [1.82, 2.24) is 0 Å². The first-order valence-corrected chi connectivity index (χ1v) is 10.7. The van der Waals surface area contributed by atoms with E-state index in [1.807, 2.05) is 30.3 Å². The Morgan fingerprint density at radius 2 is 1.85 bits per heavy atom. The molecule has 33 heavy (non-hydrogen) atoms. The molecule has 2 heterocycles. The summed E-state index contributed by atoms with van der Waals surface area (Å²) in [5.74, 6) is -0.711. The van der Waals surface area contributed by atoms with E-state index >= 15 is 0 Å². The van der Waals surface area contributed by atoms with Crippen LogP contribution < -0.4 is 5.73 Å². The number of rotatable bonds is 8. The number of hydrogen-bond donors (Lipinski definition) is 2. The highest BCUT2D eigenvalue weighted by molar-refractivity contribution is 5.89. The Morgan fingerprint density at radius 3 is 2.48 bits per heavy atom. The number of hydrogen-bond acceptors (Lipinski definition) is 9. The largest absolute Gasteiger partial charge is 0.453 e. The first-order valence-electron chi connectivity index (χ1n) is 10.7. The van der Waals surface area contributed by atoms with Gasteiger partial charge < -0.3 is 29.8 Å². The Labute approximate surface area is 190 Å². The summed E-state index contributed by atoms with van der Waals surface area (Å²) in [6, 6.07) is 14.6. The van der Waals surface area contributed by atoms with E-state index in [1.54, 1.807) is 0 Å². The summed E-state index contributed by atoms with van der Waals surface area (Å²) in [7, 11) is 0. The molecule has 10 nitrogen and oxygen atoms in total. The van der Waals surface area contributed by atoms with Crippen LogP contribution in [0.25, 0.3) is 0 Å². The van der Waals surface area contributed by atoms with Crippen LogP contribution in [0.3, 0.4) is 0 Å². The van der Waals surface area contributed by atoms with Crippen LogP contribution >= 0.6 is 0 Å². The quantitative estimate of drug-likeness (QED) is 0.342. The van der Waals surface area contributed by atoms with Gasteiger partial charge in [0.25, 0.3) is 5.69 Å². The van der Waals surface area contributed by atoms with Gasteiger partial charge in [-0.25, -0.2) is 4.79 Å². The number of aliphatic hydroxyl groups excluding tert-OH is 1. The van der Waals surface area contributed by atoms with E-state index < -0.39 is 35.3 Å². The number of aliphatic hydroxyl groups is 1. The van der Waals surface area contributed by atoms with E-state index in [-0.39, 0.29) is 36.7 Å². The smallest absolute Gasteiger partial charge is 0.338 e. The van der Waals surface area contributed by atoms with E-state index in [1.165, 1.54) is 24.3 Å². The van der Waals surface area contributed by atoms with Crippen LogP contribution in [0.1, 0.15) is 22.3 Å². The molecule has 0 bridgehead atoms. The minimum Gasteiger partial charge on any atom is -0.453 e. The van der Waals surface area contributed by atoms with E-state index in [0.717, 1.165) is 5.56 Å². The van der Waals surface area contributed by atoms with Crippen LogP contribution in [0, 0.1) is 10.1 Å². The van der Waals surface area contributed by atoms with Gasteiger partial charge in [-0.3, -0.25) is 10.1 Å². The molecule has 6 unspecified atom stereocenters. The maximum atomic E-state index is 12.8. The summed E-state index contributed by atoms with van der Waals surface area (Å²) >= 11 is 0. The third-order valence-corrected chi connectivity index (χ3v) is 5.86. The van der Waals surface area contributed by atoms with Crippen LogP contribution in [-0.4, -0.2) is 65.8 Å². The molecule has 0 amide bonds. The second-order valence-corrected chi connectivity index (χ2v) is 8.02. The normalized spacial score (nSPS) is 28.8. The maximum Gasteiger partial charge on any atom is 0.338 e. The minimum absolute atomic E-state index is 0.133. The van der Waals surface area contributed by atoms with Crippen LogP contribution in [0.5, 0.6) is 0 Å². The van der Waals surface area contributed by atoms with Crippen molar-refractivity contribution in [2.45, 2.75) is 49.7 Å². The Bertz CT molecular complexity index is 955. The van der Waals surface area contributed by atoms with E-state index in [2.05, 4.69) is 0 Å². The molecule has 2 aromatic carbocycles. The molecule has 4 rings (SSSR count). The van der Waals surface area contributed by atoms with Crippen molar-refractivity contribution in [3.63, 3.8) is 0 Å². The number of nitrogens with two attached hydrogens (primary N) is 1. The highest BCUT2D eigenvalue weighted by Gasteiger charge is 2.53. The standard InChI is InChI=1S/C23H26N2O8/c24-11-17-10-18-20(31-17)22(30-13-14-4-2-1-3-5-14)21(19(12-26)32-18)33-23(27)15-6-8-16(9-7-15)25(28)29/h1-9,17-22,26H,10-13,24H2. The molecule has 2 aromatic rings. The number of nitro groups is 1.